The van der Waals surface area contributed by atoms with E-state index in [2.05, 4.69) is 5.32 Å². The molecule has 1 unspecified atom stereocenters. The van der Waals surface area contributed by atoms with Gasteiger partial charge in [-0.1, -0.05) is 44.2 Å². The summed E-state index contributed by atoms with van der Waals surface area (Å²) in [5.74, 6) is -0.331. The lowest BCUT2D eigenvalue weighted by molar-refractivity contribution is -0.117. The summed E-state index contributed by atoms with van der Waals surface area (Å²) in [4.78, 5) is 10.5. The van der Waals surface area contributed by atoms with Gasteiger partial charge in [-0.05, 0) is 12.5 Å². The highest BCUT2D eigenvalue weighted by Crippen LogP contribution is 2.09. The molecule has 84 valence electrons. The lowest BCUT2D eigenvalue weighted by Gasteiger charge is -2.12. The van der Waals surface area contributed by atoms with Gasteiger partial charge in [-0.15, -0.1) is 0 Å². The van der Waals surface area contributed by atoms with Crippen LogP contribution in [0.3, 0.4) is 0 Å². The van der Waals surface area contributed by atoms with Crippen molar-refractivity contribution in [3.05, 3.63) is 35.9 Å². The molecular formula is C12H20N2O. The maximum atomic E-state index is 10.5. The molecule has 0 radical (unpaired) electrons. The predicted octanol–water partition coefficient (Wildman–Crippen LogP) is 1.85. The maximum Gasteiger partial charge on any atom is 0.231 e. The van der Waals surface area contributed by atoms with Crippen molar-refractivity contribution < 1.29 is 4.79 Å². The average Bonchev–Trinajstić information content (AvgIpc) is 2.30. The van der Waals surface area contributed by atoms with E-state index >= 15 is 0 Å². The number of rotatable bonds is 4. The van der Waals surface area contributed by atoms with Crippen molar-refractivity contribution in [3.63, 3.8) is 0 Å². The molecule has 15 heavy (non-hydrogen) atoms. The zero-order valence-corrected chi connectivity index (χ0v) is 9.66. The van der Waals surface area contributed by atoms with Gasteiger partial charge in [0.25, 0.3) is 0 Å². The number of hydrogen-bond acceptors (Lipinski definition) is 2. The highest BCUT2D eigenvalue weighted by Gasteiger charge is 2.03. The van der Waals surface area contributed by atoms with Crippen molar-refractivity contribution in [2.75, 3.05) is 6.54 Å². The van der Waals surface area contributed by atoms with Gasteiger partial charge in [-0.2, -0.15) is 0 Å². The van der Waals surface area contributed by atoms with Crippen LogP contribution in [0.25, 0.3) is 0 Å². The summed E-state index contributed by atoms with van der Waals surface area (Å²) in [6.45, 7) is 6.22. The fraction of sp³-hybridized carbons (Fsp3) is 0.417. The van der Waals surface area contributed by atoms with E-state index in [0.29, 0.717) is 0 Å². The van der Waals surface area contributed by atoms with Crippen LogP contribution in [-0.2, 0) is 4.79 Å². The average molecular weight is 208 g/mol. The van der Waals surface area contributed by atoms with Crippen molar-refractivity contribution in [2.24, 2.45) is 5.73 Å². The summed E-state index contributed by atoms with van der Waals surface area (Å²) in [6, 6.07) is 10.1. The molecular weight excluding hydrogens is 188 g/mol. The maximum absolute atomic E-state index is 10.5. The molecule has 3 N–H and O–H groups in total. The normalized spacial score (nSPS) is 11.1. The Balaban J connectivity index is 0.000000921. The van der Waals surface area contributed by atoms with Crippen LogP contribution in [0.4, 0.5) is 0 Å². The lowest BCUT2D eigenvalue weighted by Crippen LogP contribution is -2.30. The largest absolute Gasteiger partial charge is 0.369 e. The van der Waals surface area contributed by atoms with Crippen LogP contribution in [0.1, 0.15) is 32.4 Å². The van der Waals surface area contributed by atoms with Crippen LogP contribution in [-0.4, -0.2) is 12.5 Å². The zero-order chi connectivity index (χ0) is 11.7. The van der Waals surface area contributed by atoms with E-state index in [0.717, 1.165) is 5.56 Å². The zero-order valence-electron chi connectivity index (χ0n) is 9.66. The Hall–Kier alpha value is -1.35. The molecule has 0 fully saturated rings. The monoisotopic (exact) mass is 208 g/mol. The van der Waals surface area contributed by atoms with Crippen LogP contribution >= 0.6 is 0 Å². The molecule has 0 saturated carbocycles. The van der Waals surface area contributed by atoms with Gasteiger partial charge >= 0.3 is 0 Å². The fourth-order valence-corrected chi connectivity index (χ4v) is 1.11. The molecule has 0 spiro atoms. The predicted molar refractivity (Wildman–Crippen MR) is 63.4 cm³/mol. The first kappa shape index (κ1) is 13.7. The Morgan fingerprint density at radius 1 is 1.33 bits per heavy atom. The van der Waals surface area contributed by atoms with Gasteiger partial charge in [0.05, 0.1) is 6.54 Å². The molecule has 1 amide bonds. The SMILES string of the molecule is CC.CC(NCC(N)=O)c1ccccc1. The number of benzene rings is 1. The smallest absolute Gasteiger partial charge is 0.231 e. The Kier molecular flexibility index (Phi) is 7.28. The second-order valence-corrected chi connectivity index (χ2v) is 2.98. The van der Waals surface area contributed by atoms with E-state index in [4.69, 9.17) is 5.73 Å². The van der Waals surface area contributed by atoms with Crippen molar-refractivity contribution >= 4 is 5.91 Å². The first-order chi connectivity index (χ1) is 7.20. The van der Waals surface area contributed by atoms with Crippen LogP contribution in [0.5, 0.6) is 0 Å². The van der Waals surface area contributed by atoms with Crippen LogP contribution in [0.2, 0.25) is 0 Å². The molecule has 0 aliphatic rings. The van der Waals surface area contributed by atoms with Gasteiger partial charge in [0.2, 0.25) is 5.91 Å². The highest BCUT2D eigenvalue weighted by atomic mass is 16.1. The molecule has 0 aromatic heterocycles. The van der Waals surface area contributed by atoms with Crippen LogP contribution < -0.4 is 11.1 Å². The van der Waals surface area contributed by atoms with E-state index in [1.807, 2.05) is 51.1 Å². The Labute approximate surface area is 91.7 Å². The molecule has 0 aliphatic heterocycles. The molecule has 1 aromatic rings. The van der Waals surface area contributed by atoms with E-state index in [-0.39, 0.29) is 18.5 Å². The molecule has 3 nitrogen and oxygen atoms in total. The summed E-state index contributed by atoms with van der Waals surface area (Å²) in [5, 5.41) is 3.02. The van der Waals surface area contributed by atoms with Crippen molar-refractivity contribution in [1.82, 2.24) is 5.32 Å². The van der Waals surface area contributed by atoms with E-state index in [1.165, 1.54) is 0 Å². The Morgan fingerprint density at radius 3 is 2.33 bits per heavy atom. The Morgan fingerprint density at radius 2 is 1.87 bits per heavy atom. The molecule has 1 rings (SSSR count). The second kappa shape index (κ2) is 8.00. The van der Waals surface area contributed by atoms with Gasteiger partial charge in [-0.3, -0.25) is 4.79 Å². The number of nitrogens with one attached hydrogen (secondary N) is 1. The minimum Gasteiger partial charge on any atom is -0.369 e. The number of hydrogen-bond donors (Lipinski definition) is 2. The number of nitrogens with two attached hydrogens (primary N) is 1. The summed E-state index contributed by atoms with van der Waals surface area (Å²) in [7, 11) is 0. The van der Waals surface area contributed by atoms with Gasteiger partial charge in [0.15, 0.2) is 0 Å². The summed E-state index contributed by atoms with van der Waals surface area (Å²) in [5.41, 5.74) is 6.17. The first-order valence-electron chi connectivity index (χ1n) is 5.27. The molecule has 0 bridgehead atoms. The summed E-state index contributed by atoms with van der Waals surface area (Å²) in [6.07, 6.45) is 0. The molecule has 0 saturated heterocycles. The highest BCUT2D eigenvalue weighted by molar-refractivity contribution is 5.75. The number of amides is 1. The molecule has 3 heteroatoms. The molecule has 1 aromatic carbocycles. The summed E-state index contributed by atoms with van der Waals surface area (Å²) < 4.78 is 0. The standard InChI is InChI=1S/C10H14N2O.C2H6/c1-8(12-7-10(11)13)9-5-3-2-4-6-9;1-2/h2-6,8,12H,7H2,1H3,(H2,11,13);1-2H3. The van der Waals surface area contributed by atoms with Crippen molar-refractivity contribution in [2.45, 2.75) is 26.8 Å². The van der Waals surface area contributed by atoms with Gasteiger partial charge in [-0.25, -0.2) is 0 Å². The quantitative estimate of drug-likeness (QED) is 0.793. The van der Waals surface area contributed by atoms with Gasteiger partial charge in [0.1, 0.15) is 0 Å². The van der Waals surface area contributed by atoms with Gasteiger partial charge < -0.3 is 11.1 Å². The number of carbonyl (C=O) groups is 1. The number of primary amides is 1. The minimum absolute atomic E-state index is 0.161. The number of carbonyl (C=O) groups excluding carboxylic acids is 1. The molecule has 0 heterocycles. The van der Waals surface area contributed by atoms with Crippen LogP contribution in [0.15, 0.2) is 30.3 Å². The van der Waals surface area contributed by atoms with Crippen LogP contribution in [0, 0.1) is 0 Å². The molecule has 0 aliphatic carbocycles. The Bertz CT molecular complexity index is 272. The second-order valence-electron chi connectivity index (χ2n) is 2.98. The van der Waals surface area contributed by atoms with Crippen molar-refractivity contribution in [3.8, 4) is 0 Å². The lowest BCUT2D eigenvalue weighted by atomic mass is 10.1. The fourth-order valence-electron chi connectivity index (χ4n) is 1.11. The topological polar surface area (TPSA) is 55.1 Å². The molecule has 1 atom stereocenters. The third kappa shape index (κ3) is 5.86. The summed E-state index contributed by atoms with van der Waals surface area (Å²) >= 11 is 0. The minimum atomic E-state index is -0.331. The van der Waals surface area contributed by atoms with E-state index < -0.39 is 0 Å². The third-order valence-electron chi connectivity index (χ3n) is 1.88. The van der Waals surface area contributed by atoms with E-state index in [1.54, 1.807) is 0 Å². The van der Waals surface area contributed by atoms with Gasteiger partial charge in [0, 0.05) is 6.04 Å². The first-order valence-corrected chi connectivity index (χ1v) is 5.27. The van der Waals surface area contributed by atoms with Crippen molar-refractivity contribution in [1.29, 1.82) is 0 Å². The third-order valence-corrected chi connectivity index (χ3v) is 1.88. The van der Waals surface area contributed by atoms with E-state index in [9.17, 15) is 4.79 Å².